The van der Waals surface area contributed by atoms with Crippen LogP contribution >= 0.6 is 0 Å². The summed E-state index contributed by atoms with van der Waals surface area (Å²) in [5.41, 5.74) is 0.592. The second kappa shape index (κ2) is 3.81. The van der Waals surface area contributed by atoms with E-state index in [0.29, 0.717) is 5.41 Å². The first-order chi connectivity index (χ1) is 5.56. The van der Waals surface area contributed by atoms with Gasteiger partial charge in [0.05, 0.1) is 0 Å². The van der Waals surface area contributed by atoms with E-state index in [1.54, 1.807) is 0 Å². The van der Waals surface area contributed by atoms with Crippen molar-refractivity contribution < 1.29 is 0 Å². The molecular formula is C12H24. The van der Waals surface area contributed by atoms with Gasteiger partial charge in [0.2, 0.25) is 0 Å². The summed E-state index contributed by atoms with van der Waals surface area (Å²) in [4.78, 5) is 0. The Morgan fingerprint density at radius 2 is 1.92 bits per heavy atom. The van der Waals surface area contributed by atoms with Crippen molar-refractivity contribution in [2.45, 2.75) is 59.8 Å². The highest BCUT2D eigenvalue weighted by Crippen LogP contribution is 2.42. The fourth-order valence-electron chi connectivity index (χ4n) is 2.43. The van der Waals surface area contributed by atoms with Gasteiger partial charge in [-0.15, -0.1) is 0 Å². The lowest BCUT2D eigenvalue weighted by molar-refractivity contribution is 0.126. The van der Waals surface area contributed by atoms with Gasteiger partial charge in [-0.05, 0) is 30.1 Å². The van der Waals surface area contributed by atoms with Crippen molar-refractivity contribution in [1.82, 2.24) is 0 Å². The number of hydrogen-bond acceptors (Lipinski definition) is 0. The molecule has 0 aromatic heterocycles. The van der Waals surface area contributed by atoms with Crippen molar-refractivity contribution in [3.05, 3.63) is 0 Å². The predicted molar refractivity (Wildman–Crippen MR) is 55.2 cm³/mol. The second-order valence-corrected chi connectivity index (χ2v) is 5.31. The van der Waals surface area contributed by atoms with Crippen LogP contribution in [0.4, 0.5) is 0 Å². The molecule has 0 saturated heterocycles. The fraction of sp³-hybridized carbons (Fsp3) is 1.00. The van der Waals surface area contributed by atoms with E-state index in [9.17, 15) is 0 Å². The first kappa shape index (κ1) is 10.1. The van der Waals surface area contributed by atoms with Crippen LogP contribution in [0.1, 0.15) is 59.8 Å². The zero-order valence-electron chi connectivity index (χ0n) is 9.19. The Morgan fingerprint density at radius 3 is 2.42 bits per heavy atom. The van der Waals surface area contributed by atoms with E-state index in [0.717, 1.165) is 11.8 Å². The van der Waals surface area contributed by atoms with Crippen molar-refractivity contribution in [3.8, 4) is 0 Å². The minimum absolute atomic E-state index is 0.592. The SMILES string of the molecule is CCC(C)(C)C1CCCC(C)C1. The molecule has 1 fully saturated rings. The minimum atomic E-state index is 0.592. The maximum absolute atomic E-state index is 2.44. The molecule has 0 nitrogen and oxygen atoms in total. The largest absolute Gasteiger partial charge is 0.0649 e. The Balaban J connectivity index is 2.50. The van der Waals surface area contributed by atoms with Gasteiger partial charge in [0.15, 0.2) is 0 Å². The van der Waals surface area contributed by atoms with Crippen LogP contribution < -0.4 is 0 Å². The second-order valence-electron chi connectivity index (χ2n) is 5.31. The van der Waals surface area contributed by atoms with Crippen molar-refractivity contribution in [3.63, 3.8) is 0 Å². The Kier molecular flexibility index (Phi) is 3.20. The predicted octanol–water partition coefficient (Wildman–Crippen LogP) is 4.25. The highest BCUT2D eigenvalue weighted by Gasteiger charge is 2.30. The summed E-state index contributed by atoms with van der Waals surface area (Å²) in [5.74, 6) is 1.97. The third-order valence-corrected chi connectivity index (χ3v) is 3.95. The zero-order chi connectivity index (χ0) is 9.19. The smallest absolute Gasteiger partial charge is 0.0328 e. The van der Waals surface area contributed by atoms with Crippen LogP contribution in [0.2, 0.25) is 0 Å². The quantitative estimate of drug-likeness (QED) is 0.578. The lowest BCUT2D eigenvalue weighted by Gasteiger charge is -2.38. The average Bonchev–Trinajstić information content (AvgIpc) is 2.05. The Hall–Kier alpha value is 0. The lowest BCUT2D eigenvalue weighted by Crippen LogP contribution is -2.27. The van der Waals surface area contributed by atoms with E-state index >= 15 is 0 Å². The molecule has 72 valence electrons. The molecule has 0 aromatic carbocycles. The van der Waals surface area contributed by atoms with Crippen LogP contribution in [0, 0.1) is 17.3 Å². The molecule has 0 aromatic rings. The number of hydrogen-bond donors (Lipinski definition) is 0. The molecular weight excluding hydrogens is 144 g/mol. The van der Waals surface area contributed by atoms with E-state index < -0.39 is 0 Å². The van der Waals surface area contributed by atoms with Gasteiger partial charge < -0.3 is 0 Å². The highest BCUT2D eigenvalue weighted by molar-refractivity contribution is 4.81. The van der Waals surface area contributed by atoms with Crippen molar-refractivity contribution in [2.24, 2.45) is 17.3 Å². The van der Waals surface area contributed by atoms with Crippen molar-refractivity contribution >= 4 is 0 Å². The summed E-state index contributed by atoms with van der Waals surface area (Å²) in [6, 6.07) is 0. The van der Waals surface area contributed by atoms with Gasteiger partial charge in [-0.2, -0.15) is 0 Å². The fourth-order valence-corrected chi connectivity index (χ4v) is 2.43. The average molecular weight is 168 g/mol. The summed E-state index contributed by atoms with van der Waals surface area (Å²) in [5, 5.41) is 0. The van der Waals surface area contributed by atoms with Crippen LogP contribution in [0.15, 0.2) is 0 Å². The molecule has 0 N–H and O–H groups in total. The molecule has 0 spiro atoms. The summed E-state index contributed by atoms with van der Waals surface area (Å²) < 4.78 is 0. The van der Waals surface area contributed by atoms with E-state index in [2.05, 4.69) is 27.7 Å². The Morgan fingerprint density at radius 1 is 1.25 bits per heavy atom. The first-order valence-corrected chi connectivity index (χ1v) is 5.56. The van der Waals surface area contributed by atoms with Crippen LogP contribution in [-0.4, -0.2) is 0 Å². The monoisotopic (exact) mass is 168 g/mol. The molecule has 1 aliphatic rings. The zero-order valence-corrected chi connectivity index (χ0v) is 9.19. The molecule has 0 radical (unpaired) electrons. The van der Waals surface area contributed by atoms with E-state index in [1.165, 1.54) is 32.1 Å². The van der Waals surface area contributed by atoms with E-state index in [4.69, 9.17) is 0 Å². The van der Waals surface area contributed by atoms with Gasteiger partial charge in [-0.3, -0.25) is 0 Å². The normalized spacial score (nSPS) is 32.0. The van der Waals surface area contributed by atoms with Crippen molar-refractivity contribution in [1.29, 1.82) is 0 Å². The van der Waals surface area contributed by atoms with Gasteiger partial charge in [-0.1, -0.05) is 47.0 Å². The van der Waals surface area contributed by atoms with Crippen LogP contribution in [0.5, 0.6) is 0 Å². The Labute approximate surface area is 77.7 Å². The molecule has 0 heteroatoms. The minimum Gasteiger partial charge on any atom is -0.0649 e. The molecule has 0 heterocycles. The van der Waals surface area contributed by atoms with Crippen LogP contribution in [0.3, 0.4) is 0 Å². The summed E-state index contributed by atoms with van der Waals surface area (Å²) in [6.07, 6.45) is 7.22. The van der Waals surface area contributed by atoms with Crippen LogP contribution in [0.25, 0.3) is 0 Å². The molecule has 2 unspecified atom stereocenters. The third kappa shape index (κ3) is 2.24. The summed E-state index contributed by atoms with van der Waals surface area (Å²) in [7, 11) is 0. The number of rotatable bonds is 2. The molecule has 0 aliphatic heterocycles. The molecule has 1 aliphatic carbocycles. The lowest BCUT2D eigenvalue weighted by atomic mass is 9.67. The maximum Gasteiger partial charge on any atom is -0.0328 e. The molecule has 0 amide bonds. The van der Waals surface area contributed by atoms with E-state index in [-0.39, 0.29) is 0 Å². The molecule has 2 atom stereocenters. The van der Waals surface area contributed by atoms with Gasteiger partial charge in [0, 0.05) is 0 Å². The van der Waals surface area contributed by atoms with E-state index in [1.807, 2.05) is 0 Å². The maximum atomic E-state index is 2.44. The first-order valence-electron chi connectivity index (χ1n) is 5.56. The van der Waals surface area contributed by atoms with Gasteiger partial charge in [0.1, 0.15) is 0 Å². The van der Waals surface area contributed by atoms with Gasteiger partial charge in [0.25, 0.3) is 0 Å². The molecule has 1 saturated carbocycles. The highest BCUT2D eigenvalue weighted by atomic mass is 14.4. The third-order valence-electron chi connectivity index (χ3n) is 3.95. The molecule has 12 heavy (non-hydrogen) atoms. The topological polar surface area (TPSA) is 0 Å². The standard InChI is InChI=1S/C12H24/c1-5-12(3,4)11-8-6-7-10(2)9-11/h10-11H,5-9H2,1-4H3. The van der Waals surface area contributed by atoms with Gasteiger partial charge in [-0.25, -0.2) is 0 Å². The Bertz CT molecular complexity index is 135. The molecule has 1 rings (SSSR count). The molecule has 0 bridgehead atoms. The summed E-state index contributed by atoms with van der Waals surface area (Å²) >= 11 is 0. The van der Waals surface area contributed by atoms with Crippen molar-refractivity contribution in [2.75, 3.05) is 0 Å². The summed E-state index contributed by atoms with van der Waals surface area (Å²) in [6.45, 7) is 9.63. The van der Waals surface area contributed by atoms with Gasteiger partial charge >= 0.3 is 0 Å². The van der Waals surface area contributed by atoms with Crippen LogP contribution in [-0.2, 0) is 0 Å².